The molecule has 2 N–H and O–H groups in total. The van der Waals surface area contributed by atoms with Crippen LogP contribution in [0.2, 0.25) is 0 Å². The number of likely N-dealkylation sites (N-methyl/N-ethyl adjacent to an activating group) is 1. The standard InChI is InChI=1S/C10H16FN5/c1-2-15-3-5-16(6-4-15)9-8(11)7-13-10(12)14-9/h7H,2-6H2,1H3,(H2,12,13,14). The van der Waals surface area contributed by atoms with Gasteiger partial charge >= 0.3 is 0 Å². The van der Waals surface area contributed by atoms with E-state index in [1.165, 1.54) is 0 Å². The first-order valence-electron chi connectivity index (χ1n) is 5.46. The normalized spacial score (nSPS) is 17.8. The van der Waals surface area contributed by atoms with Crippen molar-refractivity contribution in [3.63, 3.8) is 0 Å². The van der Waals surface area contributed by atoms with Crippen LogP contribution in [0.15, 0.2) is 6.20 Å². The number of anilines is 2. The quantitative estimate of drug-likeness (QED) is 0.786. The molecule has 16 heavy (non-hydrogen) atoms. The topological polar surface area (TPSA) is 58.3 Å². The van der Waals surface area contributed by atoms with Crippen molar-refractivity contribution in [3.05, 3.63) is 12.0 Å². The average Bonchev–Trinajstić information content (AvgIpc) is 2.32. The summed E-state index contributed by atoms with van der Waals surface area (Å²) >= 11 is 0. The first kappa shape index (κ1) is 11.1. The van der Waals surface area contributed by atoms with Crippen LogP contribution in [0.3, 0.4) is 0 Å². The third-order valence-electron chi connectivity index (χ3n) is 2.86. The molecule has 6 heteroatoms. The van der Waals surface area contributed by atoms with Crippen molar-refractivity contribution >= 4 is 11.8 Å². The summed E-state index contributed by atoms with van der Waals surface area (Å²) in [5.41, 5.74) is 5.46. The molecule has 0 amide bonds. The molecule has 0 aromatic carbocycles. The maximum Gasteiger partial charge on any atom is 0.222 e. The molecule has 0 unspecified atom stereocenters. The molecule has 0 bridgehead atoms. The van der Waals surface area contributed by atoms with Gasteiger partial charge in [0.1, 0.15) is 0 Å². The van der Waals surface area contributed by atoms with Gasteiger partial charge in [0.15, 0.2) is 11.6 Å². The molecule has 2 heterocycles. The SMILES string of the molecule is CCN1CCN(c2nc(N)ncc2F)CC1. The number of hydrogen-bond acceptors (Lipinski definition) is 5. The van der Waals surface area contributed by atoms with Crippen LogP contribution in [0.4, 0.5) is 16.2 Å². The summed E-state index contributed by atoms with van der Waals surface area (Å²) in [4.78, 5) is 11.8. The van der Waals surface area contributed by atoms with Crippen molar-refractivity contribution in [2.75, 3.05) is 43.4 Å². The lowest BCUT2D eigenvalue weighted by Crippen LogP contribution is -2.46. The zero-order chi connectivity index (χ0) is 11.5. The summed E-state index contributed by atoms with van der Waals surface area (Å²) < 4.78 is 13.5. The predicted octanol–water partition coefficient (Wildman–Crippen LogP) is 0.340. The Morgan fingerprint density at radius 3 is 2.69 bits per heavy atom. The fraction of sp³-hybridized carbons (Fsp3) is 0.600. The molecule has 88 valence electrons. The fourth-order valence-electron chi connectivity index (χ4n) is 1.87. The highest BCUT2D eigenvalue weighted by Gasteiger charge is 2.19. The zero-order valence-corrected chi connectivity index (χ0v) is 9.36. The number of hydrogen-bond donors (Lipinski definition) is 1. The van der Waals surface area contributed by atoms with Gasteiger partial charge in [0.25, 0.3) is 0 Å². The predicted molar refractivity (Wildman–Crippen MR) is 60.7 cm³/mol. The Hall–Kier alpha value is -1.43. The van der Waals surface area contributed by atoms with Crippen LogP contribution >= 0.6 is 0 Å². The number of aromatic nitrogens is 2. The second-order valence-electron chi connectivity index (χ2n) is 3.82. The molecule has 0 spiro atoms. The Labute approximate surface area is 94.1 Å². The summed E-state index contributed by atoms with van der Waals surface area (Å²) in [6.45, 7) is 6.57. The van der Waals surface area contributed by atoms with E-state index in [9.17, 15) is 4.39 Å². The van der Waals surface area contributed by atoms with Crippen molar-refractivity contribution in [1.29, 1.82) is 0 Å². The Morgan fingerprint density at radius 1 is 1.38 bits per heavy atom. The van der Waals surface area contributed by atoms with E-state index in [-0.39, 0.29) is 5.95 Å². The van der Waals surface area contributed by atoms with Crippen LogP contribution in [0.25, 0.3) is 0 Å². The average molecular weight is 225 g/mol. The lowest BCUT2D eigenvalue weighted by molar-refractivity contribution is 0.269. The molecule has 0 atom stereocenters. The number of nitrogen functional groups attached to an aromatic ring is 1. The third-order valence-corrected chi connectivity index (χ3v) is 2.86. The van der Waals surface area contributed by atoms with Gasteiger partial charge < -0.3 is 15.5 Å². The minimum absolute atomic E-state index is 0.120. The fourth-order valence-corrected chi connectivity index (χ4v) is 1.87. The first-order chi connectivity index (χ1) is 7.70. The van der Waals surface area contributed by atoms with E-state index in [0.717, 1.165) is 38.9 Å². The summed E-state index contributed by atoms with van der Waals surface area (Å²) in [5, 5.41) is 0. The monoisotopic (exact) mass is 225 g/mol. The largest absolute Gasteiger partial charge is 0.368 e. The Balaban J connectivity index is 2.10. The van der Waals surface area contributed by atoms with Crippen LogP contribution in [0.1, 0.15) is 6.92 Å². The zero-order valence-electron chi connectivity index (χ0n) is 9.36. The summed E-state index contributed by atoms with van der Waals surface area (Å²) in [5.74, 6) is 0.0386. The molecule has 0 saturated carbocycles. The van der Waals surface area contributed by atoms with Gasteiger partial charge in [0, 0.05) is 26.2 Å². The molecule has 1 saturated heterocycles. The number of piperazine rings is 1. The number of halogens is 1. The lowest BCUT2D eigenvalue weighted by Gasteiger charge is -2.34. The molecule has 0 radical (unpaired) electrons. The van der Waals surface area contributed by atoms with Gasteiger partial charge in [-0.15, -0.1) is 0 Å². The van der Waals surface area contributed by atoms with Crippen molar-refractivity contribution in [2.24, 2.45) is 0 Å². The summed E-state index contributed by atoms with van der Waals surface area (Å²) in [6.07, 6.45) is 1.13. The van der Waals surface area contributed by atoms with E-state index in [1.54, 1.807) is 0 Å². The van der Waals surface area contributed by atoms with Gasteiger partial charge in [0.2, 0.25) is 5.95 Å². The van der Waals surface area contributed by atoms with E-state index in [2.05, 4.69) is 21.8 Å². The van der Waals surface area contributed by atoms with E-state index in [0.29, 0.717) is 5.82 Å². The molecule has 2 rings (SSSR count). The van der Waals surface area contributed by atoms with Crippen LogP contribution in [0, 0.1) is 5.82 Å². The Morgan fingerprint density at radius 2 is 2.06 bits per heavy atom. The summed E-state index contributed by atoms with van der Waals surface area (Å²) in [6, 6.07) is 0. The van der Waals surface area contributed by atoms with Crippen molar-refractivity contribution in [1.82, 2.24) is 14.9 Å². The first-order valence-corrected chi connectivity index (χ1v) is 5.46. The van der Waals surface area contributed by atoms with Gasteiger partial charge in [-0.2, -0.15) is 4.98 Å². The van der Waals surface area contributed by atoms with Crippen molar-refractivity contribution < 1.29 is 4.39 Å². The molecule has 0 aliphatic carbocycles. The summed E-state index contributed by atoms with van der Waals surface area (Å²) in [7, 11) is 0. The molecule has 1 aromatic heterocycles. The van der Waals surface area contributed by atoms with E-state index < -0.39 is 5.82 Å². The molecule has 1 fully saturated rings. The third kappa shape index (κ3) is 2.21. The molecule has 1 aromatic rings. The number of nitrogens with two attached hydrogens (primary N) is 1. The molecule has 5 nitrogen and oxygen atoms in total. The molecular formula is C10H16FN5. The van der Waals surface area contributed by atoms with Crippen LogP contribution in [0.5, 0.6) is 0 Å². The lowest BCUT2D eigenvalue weighted by atomic mass is 10.3. The van der Waals surface area contributed by atoms with E-state index in [4.69, 9.17) is 5.73 Å². The van der Waals surface area contributed by atoms with E-state index in [1.807, 2.05) is 4.90 Å². The Bertz CT molecular complexity index is 362. The maximum absolute atomic E-state index is 13.5. The second-order valence-corrected chi connectivity index (χ2v) is 3.82. The van der Waals surface area contributed by atoms with Gasteiger partial charge in [-0.1, -0.05) is 6.92 Å². The number of nitrogens with zero attached hydrogens (tertiary/aromatic N) is 4. The van der Waals surface area contributed by atoms with Crippen LogP contribution < -0.4 is 10.6 Å². The highest BCUT2D eigenvalue weighted by atomic mass is 19.1. The van der Waals surface area contributed by atoms with Gasteiger partial charge in [-0.3, -0.25) is 0 Å². The van der Waals surface area contributed by atoms with Crippen molar-refractivity contribution in [2.45, 2.75) is 6.92 Å². The highest BCUT2D eigenvalue weighted by Crippen LogP contribution is 2.17. The molecule has 1 aliphatic heterocycles. The van der Waals surface area contributed by atoms with Crippen LogP contribution in [-0.4, -0.2) is 47.6 Å². The van der Waals surface area contributed by atoms with Crippen LogP contribution in [-0.2, 0) is 0 Å². The Kier molecular flexibility index (Phi) is 3.19. The van der Waals surface area contributed by atoms with Gasteiger partial charge in [0.05, 0.1) is 6.20 Å². The minimum atomic E-state index is -0.404. The molecule has 1 aliphatic rings. The smallest absolute Gasteiger partial charge is 0.222 e. The minimum Gasteiger partial charge on any atom is -0.368 e. The number of rotatable bonds is 2. The molecular weight excluding hydrogens is 209 g/mol. The maximum atomic E-state index is 13.5. The van der Waals surface area contributed by atoms with Gasteiger partial charge in [-0.25, -0.2) is 9.37 Å². The second kappa shape index (κ2) is 4.61. The van der Waals surface area contributed by atoms with Crippen molar-refractivity contribution in [3.8, 4) is 0 Å². The van der Waals surface area contributed by atoms with Gasteiger partial charge in [-0.05, 0) is 6.54 Å². The van der Waals surface area contributed by atoms with E-state index >= 15 is 0 Å². The highest BCUT2D eigenvalue weighted by molar-refractivity contribution is 5.42.